The van der Waals surface area contributed by atoms with Crippen LogP contribution < -0.4 is 0 Å². The molecule has 21 heavy (non-hydrogen) atoms. The molecule has 0 spiro atoms. The number of rotatable bonds is 2. The van der Waals surface area contributed by atoms with Crippen molar-refractivity contribution in [3.63, 3.8) is 0 Å². The van der Waals surface area contributed by atoms with Gasteiger partial charge in [0.05, 0.1) is 24.3 Å². The van der Waals surface area contributed by atoms with Crippen LogP contribution in [0.3, 0.4) is 0 Å². The van der Waals surface area contributed by atoms with Gasteiger partial charge in [-0.3, -0.25) is 9.78 Å². The Labute approximate surface area is 132 Å². The smallest absolute Gasteiger partial charge is 0.254 e. The van der Waals surface area contributed by atoms with Gasteiger partial charge in [0.2, 0.25) is 0 Å². The van der Waals surface area contributed by atoms with Gasteiger partial charge in [-0.05, 0) is 31.2 Å². The monoisotopic (exact) mass is 348 g/mol. The highest BCUT2D eigenvalue weighted by atomic mass is 79.9. The fourth-order valence-electron chi connectivity index (χ4n) is 2.57. The lowest BCUT2D eigenvalue weighted by atomic mass is 10.1. The van der Waals surface area contributed by atoms with Gasteiger partial charge in [0.15, 0.2) is 0 Å². The Morgan fingerprint density at radius 1 is 1.48 bits per heavy atom. The van der Waals surface area contributed by atoms with Crippen LogP contribution in [-0.2, 0) is 4.74 Å². The van der Waals surface area contributed by atoms with E-state index < -0.39 is 0 Å². The molecule has 1 aromatic heterocycles. The maximum atomic E-state index is 12.7. The minimum atomic E-state index is 0.0579. The van der Waals surface area contributed by atoms with Crippen LogP contribution in [0, 0.1) is 0 Å². The van der Waals surface area contributed by atoms with Crippen LogP contribution in [0.1, 0.15) is 17.3 Å². The standard InChI is InChI=1S/C16H17BrN2O2/c1-11-10-21-14(8-17)9-19(11)16(20)13-4-5-15-12(7-13)3-2-6-18-15/h2-7,11,14H,8-10H2,1H3. The molecular formula is C16H17BrN2O2. The molecule has 2 unspecified atom stereocenters. The third-order valence-electron chi connectivity index (χ3n) is 3.79. The van der Waals surface area contributed by atoms with Crippen molar-refractivity contribution in [2.75, 3.05) is 18.5 Å². The molecule has 0 N–H and O–H groups in total. The van der Waals surface area contributed by atoms with Crippen molar-refractivity contribution >= 4 is 32.7 Å². The lowest BCUT2D eigenvalue weighted by Crippen LogP contribution is -2.51. The number of amides is 1. The van der Waals surface area contributed by atoms with Crippen LogP contribution in [0.15, 0.2) is 36.5 Å². The largest absolute Gasteiger partial charge is 0.373 e. The number of alkyl halides is 1. The van der Waals surface area contributed by atoms with Gasteiger partial charge >= 0.3 is 0 Å². The van der Waals surface area contributed by atoms with E-state index in [0.29, 0.717) is 18.7 Å². The average Bonchev–Trinajstić information content (AvgIpc) is 2.54. The Morgan fingerprint density at radius 3 is 3.14 bits per heavy atom. The highest BCUT2D eigenvalue weighted by Crippen LogP contribution is 2.19. The molecule has 2 aromatic rings. The summed E-state index contributed by atoms with van der Waals surface area (Å²) in [5.41, 5.74) is 1.61. The van der Waals surface area contributed by atoms with Gasteiger partial charge in [0, 0.05) is 29.0 Å². The van der Waals surface area contributed by atoms with Crippen LogP contribution in [0.5, 0.6) is 0 Å². The van der Waals surface area contributed by atoms with Gasteiger partial charge in [-0.2, -0.15) is 0 Å². The molecule has 5 heteroatoms. The molecule has 1 fully saturated rings. The number of ether oxygens (including phenoxy) is 1. The minimum absolute atomic E-state index is 0.0579. The van der Waals surface area contributed by atoms with E-state index in [4.69, 9.17) is 4.74 Å². The van der Waals surface area contributed by atoms with Crippen LogP contribution >= 0.6 is 15.9 Å². The zero-order valence-electron chi connectivity index (χ0n) is 11.8. The van der Waals surface area contributed by atoms with Crippen molar-refractivity contribution in [2.24, 2.45) is 0 Å². The zero-order chi connectivity index (χ0) is 14.8. The van der Waals surface area contributed by atoms with Crippen LogP contribution in [0.2, 0.25) is 0 Å². The van der Waals surface area contributed by atoms with Crippen LogP contribution in [-0.4, -0.2) is 46.4 Å². The first kappa shape index (κ1) is 14.5. The molecular weight excluding hydrogens is 332 g/mol. The predicted octanol–water partition coefficient (Wildman–Crippen LogP) is 2.86. The third kappa shape index (κ3) is 2.94. The Kier molecular flexibility index (Phi) is 4.22. The van der Waals surface area contributed by atoms with E-state index in [1.165, 1.54) is 0 Å². The summed E-state index contributed by atoms with van der Waals surface area (Å²) >= 11 is 3.43. The number of nitrogens with zero attached hydrogens (tertiary/aromatic N) is 2. The number of fused-ring (bicyclic) bond motifs is 1. The van der Waals surface area contributed by atoms with E-state index in [1.54, 1.807) is 6.20 Å². The molecule has 1 amide bonds. The lowest BCUT2D eigenvalue weighted by Gasteiger charge is -2.37. The third-order valence-corrected chi connectivity index (χ3v) is 4.51. The van der Waals surface area contributed by atoms with Gasteiger partial charge in [-0.25, -0.2) is 0 Å². The van der Waals surface area contributed by atoms with Crippen LogP contribution in [0.25, 0.3) is 10.9 Å². The SMILES string of the molecule is CC1COC(CBr)CN1C(=O)c1ccc2ncccc2c1. The normalized spacial score (nSPS) is 22.5. The fourth-order valence-corrected chi connectivity index (χ4v) is 2.96. The van der Waals surface area contributed by atoms with Crippen molar-refractivity contribution in [1.82, 2.24) is 9.88 Å². The number of pyridine rings is 1. The first-order chi connectivity index (χ1) is 10.2. The van der Waals surface area contributed by atoms with Gasteiger partial charge in [0.1, 0.15) is 0 Å². The molecule has 3 rings (SSSR count). The molecule has 1 aromatic carbocycles. The fraction of sp³-hybridized carbons (Fsp3) is 0.375. The Bertz CT molecular complexity index is 662. The number of carbonyl (C=O) groups is 1. The van der Waals surface area contributed by atoms with Gasteiger partial charge in [0.25, 0.3) is 5.91 Å². The maximum absolute atomic E-state index is 12.7. The number of hydrogen-bond donors (Lipinski definition) is 0. The van der Waals surface area contributed by atoms with Crippen molar-refractivity contribution in [3.8, 4) is 0 Å². The number of halogens is 1. The van der Waals surface area contributed by atoms with Crippen molar-refractivity contribution in [2.45, 2.75) is 19.1 Å². The summed E-state index contributed by atoms with van der Waals surface area (Å²) in [7, 11) is 0. The molecule has 110 valence electrons. The van der Waals surface area contributed by atoms with E-state index in [9.17, 15) is 4.79 Å². The molecule has 1 aliphatic rings. The summed E-state index contributed by atoms with van der Waals surface area (Å²) in [4.78, 5) is 18.9. The zero-order valence-corrected chi connectivity index (χ0v) is 13.4. The molecule has 0 saturated carbocycles. The molecule has 0 aliphatic carbocycles. The number of aromatic nitrogens is 1. The topological polar surface area (TPSA) is 42.4 Å². The summed E-state index contributed by atoms with van der Waals surface area (Å²) in [6.07, 6.45) is 1.82. The van der Waals surface area contributed by atoms with E-state index in [2.05, 4.69) is 20.9 Å². The van der Waals surface area contributed by atoms with Crippen molar-refractivity contribution in [3.05, 3.63) is 42.1 Å². The van der Waals surface area contributed by atoms with E-state index in [1.807, 2.05) is 42.2 Å². The maximum Gasteiger partial charge on any atom is 0.254 e. The van der Waals surface area contributed by atoms with E-state index in [-0.39, 0.29) is 18.1 Å². The second-order valence-corrected chi connectivity index (χ2v) is 5.97. The molecule has 2 atom stereocenters. The summed E-state index contributed by atoms with van der Waals surface area (Å²) in [6, 6.07) is 9.62. The average molecular weight is 349 g/mol. The van der Waals surface area contributed by atoms with Gasteiger partial charge in [-0.1, -0.05) is 22.0 Å². The Morgan fingerprint density at radius 2 is 2.33 bits per heavy atom. The summed E-state index contributed by atoms with van der Waals surface area (Å²) < 4.78 is 5.68. The molecule has 0 bridgehead atoms. The molecule has 0 radical (unpaired) electrons. The Balaban J connectivity index is 1.88. The first-order valence-corrected chi connectivity index (χ1v) is 8.14. The number of morpholine rings is 1. The highest BCUT2D eigenvalue weighted by molar-refractivity contribution is 9.09. The predicted molar refractivity (Wildman–Crippen MR) is 85.8 cm³/mol. The molecule has 1 aliphatic heterocycles. The first-order valence-electron chi connectivity index (χ1n) is 7.02. The number of hydrogen-bond acceptors (Lipinski definition) is 3. The second kappa shape index (κ2) is 6.12. The molecule has 2 heterocycles. The molecule has 4 nitrogen and oxygen atoms in total. The van der Waals surface area contributed by atoms with Gasteiger partial charge < -0.3 is 9.64 Å². The van der Waals surface area contributed by atoms with Crippen molar-refractivity contribution < 1.29 is 9.53 Å². The second-order valence-electron chi connectivity index (χ2n) is 5.33. The molecule has 1 saturated heterocycles. The summed E-state index contributed by atoms with van der Waals surface area (Å²) in [5, 5.41) is 1.73. The van der Waals surface area contributed by atoms with Crippen LogP contribution in [0.4, 0.5) is 0 Å². The quantitative estimate of drug-likeness (QED) is 0.783. The van der Waals surface area contributed by atoms with Crippen molar-refractivity contribution in [1.29, 1.82) is 0 Å². The number of carbonyl (C=O) groups excluding carboxylic acids is 1. The highest BCUT2D eigenvalue weighted by Gasteiger charge is 2.29. The lowest BCUT2D eigenvalue weighted by molar-refractivity contribution is -0.0361. The Hall–Kier alpha value is -1.46. The van der Waals surface area contributed by atoms with E-state index in [0.717, 1.165) is 16.2 Å². The van der Waals surface area contributed by atoms with E-state index >= 15 is 0 Å². The summed E-state index contributed by atoms with van der Waals surface area (Å²) in [6.45, 7) is 3.22. The summed E-state index contributed by atoms with van der Waals surface area (Å²) in [5.74, 6) is 0.0579. The van der Waals surface area contributed by atoms with Gasteiger partial charge in [-0.15, -0.1) is 0 Å². The minimum Gasteiger partial charge on any atom is -0.373 e. The number of benzene rings is 1.